The first-order chi connectivity index (χ1) is 4.83. The van der Waals surface area contributed by atoms with Crippen LogP contribution in [0.15, 0.2) is 0 Å². The molecule has 0 saturated heterocycles. The third-order valence-corrected chi connectivity index (χ3v) is 2.46. The maximum atomic E-state index is 5.52. The van der Waals surface area contributed by atoms with Crippen LogP contribution in [0.25, 0.3) is 0 Å². The average molecular weight is 143 g/mol. The smallest absolute Gasteiger partial charge is 0.0600 e. The normalized spacial score (nSPS) is 33.9. The first-order valence-electron chi connectivity index (χ1n) is 4.06. The predicted octanol–water partition coefficient (Wildman–Crippen LogP) is 1.01. The Morgan fingerprint density at radius 2 is 2.40 bits per heavy atom. The van der Waals surface area contributed by atoms with Gasteiger partial charge >= 0.3 is 0 Å². The van der Waals surface area contributed by atoms with Crippen LogP contribution in [0.3, 0.4) is 0 Å². The summed E-state index contributed by atoms with van der Waals surface area (Å²) >= 11 is 0. The SMILES string of the molecule is CCC(OC)C1CC1CN. The van der Waals surface area contributed by atoms with Crippen molar-refractivity contribution in [1.29, 1.82) is 0 Å². The van der Waals surface area contributed by atoms with Crippen LogP contribution in [0, 0.1) is 11.8 Å². The minimum absolute atomic E-state index is 0.466. The van der Waals surface area contributed by atoms with Crippen LogP contribution in [0.4, 0.5) is 0 Å². The van der Waals surface area contributed by atoms with Gasteiger partial charge in [0.1, 0.15) is 0 Å². The molecule has 10 heavy (non-hydrogen) atoms. The standard InChI is InChI=1S/C8H17NO/c1-3-8(10-2)7-4-6(7)5-9/h6-8H,3-5,9H2,1-2H3. The molecule has 1 saturated carbocycles. The molecule has 0 aromatic carbocycles. The summed E-state index contributed by atoms with van der Waals surface area (Å²) in [6.07, 6.45) is 2.87. The molecule has 2 heteroatoms. The summed E-state index contributed by atoms with van der Waals surface area (Å²) in [4.78, 5) is 0. The summed E-state index contributed by atoms with van der Waals surface area (Å²) in [6, 6.07) is 0. The van der Waals surface area contributed by atoms with Gasteiger partial charge in [0.15, 0.2) is 0 Å². The van der Waals surface area contributed by atoms with Gasteiger partial charge in [-0.25, -0.2) is 0 Å². The molecule has 0 aromatic heterocycles. The van der Waals surface area contributed by atoms with E-state index in [1.54, 1.807) is 7.11 Å². The lowest BCUT2D eigenvalue weighted by molar-refractivity contribution is 0.0771. The van der Waals surface area contributed by atoms with Crippen LogP contribution in [-0.4, -0.2) is 19.8 Å². The number of methoxy groups -OCH3 is 1. The van der Waals surface area contributed by atoms with Gasteiger partial charge in [0.2, 0.25) is 0 Å². The van der Waals surface area contributed by atoms with E-state index in [4.69, 9.17) is 10.5 Å². The monoisotopic (exact) mass is 143 g/mol. The van der Waals surface area contributed by atoms with E-state index in [1.165, 1.54) is 6.42 Å². The van der Waals surface area contributed by atoms with Crippen LogP contribution in [0.1, 0.15) is 19.8 Å². The number of nitrogens with two attached hydrogens (primary N) is 1. The largest absolute Gasteiger partial charge is 0.381 e. The second-order valence-corrected chi connectivity index (χ2v) is 3.08. The molecule has 0 amide bonds. The number of hydrogen-bond donors (Lipinski definition) is 1. The maximum absolute atomic E-state index is 5.52. The zero-order valence-electron chi connectivity index (χ0n) is 6.84. The summed E-state index contributed by atoms with van der Waals surface area (Å²) in [5.41, 5.74) is 5.52. The van der Waals surface area contributed by atoms with Crippen LogP contribution in [0.2, 0.25) is 0 Å². The van der Waals surface area contributed by atoms with Gasteiger partial charge in [0.25, 0.3) is 0 Å². The average Bonchev–Trinajstić information content (AvgIpc) is 2.70. The number of ether oxygens (including phenoxy) is 1. The van der Waals surface area contributed by atoms with Crippen molar-refractivity contribution >= 4 is 0 Å². The van der Waals surface area contributed by atoms with Gasteiger partial charge in [0, 0.05) is 7.11 Å². The summed E-state index contributed by atoms with van der Waals surface area (Å²) in [5, 5.41) is 0. The third kappa shape index (κ3) is 1.50. The van der Waals surface area contributed by atoms with Gasteiger partial charge in [-0.05, 0) is 31.2 Å². The topological polar surface area (TPSA) is 35.2 Å². The fourth-order valence-corrected chi connectivity index (χ4v) is 1.64. The van der Waals surface area contributed by atoms with Crippen molar-refractivity contribution in [2.75, 3.05) is 13.7 Å². The highest BCUT2D eigenvalue weighted by Gasteiger charge is 2.41. The summed E-state index contributed by atoms with van der Waals surface area (Å²) in [7, 11) is 1.79. The van der Waals surface area contributed by atoms with Gasteiger partial charge in [-0.15, -0.1) is 0 Å². The third-order valence-electron chi connectivity index (χ3n) is 2.46. The van der Waals surface area contributed by atoms with Gasteiger partial charge in [-0.1, -0.05) is 6.92 Å². The summed E-state index contributed by atoms with van der Waals surface area (Å²) in [6.45, 7) is 3.00. The minimum Gasteiger partial charge on any atom is -0.381 e. The minimum atomic E-state index is 0.466. The highest BCUT2D eigenvalue weighted by Crippen LogP contribution is 2.42. The van der Waals surface area contributed by atoms with Gasteiger partial charge in [-0.2, -0.15) is 0 Å². The molecule has 0 bridgehead atoms. The maximum Gasteiger partial charge on any atom is 0.0600 e. The molecule has 0 aromatic rings. The molecule has 0 heterocycles. The first kappa shape index (κ1) is 8.02. The van der Waals surface area contributed by atoms with Crippen LogP contribution < -0.4 is 5.73 Å². The highest BCUT2D eigenvalue weighted by atomic mass is 16.5. The Balaban J connectivity index is 2.22. The van der Waals surface area contributed by atoms with E-state index >= 15 is 0 Å². The Morgan fingerprint density at radius 1 is 1.70 bits per heavy atom. The van der Waals surface area contributed by atoms with Crippen molar-refractivity contribution in [3.8, 4) is 0 Å². The second-order valence-electron chi connectivity index (χ2n) is 3.08. The molecule has 1 rings (SSSR count). The van der Waals surface area contributed by atoms with E-state index in [0.29, 0.717) is 6.10 Å². The predicted molar refractivity (Wildman–Crippen MR) is 41.7 cm³/mol. The second kappa shape index (κ2) is 3.35. The molecule has 1 fully saturated rings. The van der Waals surface area contributed by atoms with Crippen LogP contribution in [0.5, 0.6) is 0 Å². The fraction of sp³-hybridized carbons (Fsp3) is 1.00. The molecule has 60 valence electrons. The Hall–Kier alpha value is -0.0800. The Labute approximate surface area is 62.7 Å². The molecular formula is C8H17NO. The van der Waals surface area contributed by atoms with E-state index < -0.39 is 0 Å². The van der Waals surface area contributed by atoms with E-state index in [9.17, 15) is 0 Å². The Bertz CT molecular complexity index is 101. The lowest BCUT2D eigenvalue weighted by Gasteiger charge is -2.11. The number of rotatable bonds is 4. The quantitative estimate of drug-likeness (QED) is 0.637. The molecule has 1 aliphatic carbocycles. The van der Waals surface area contributed by atoms with Crippen molar-refractivity contribution in [3.05, 3.63) is 0 Å². The van der Waals surface area contributed by atoms with Gasteiger partial charge in [0.05, 0.1) is 6.10 Å². The van der Waals surface area contributed by atoms with Crippen molar-refractivity contribution in [3.63, 3.8) is 0 Å². The Morgan fingerprint density at radius 3 is 2.70 bits per heavy atom. The van der Waals surface area contributed by atoms with Crippen LogP contribution >= 0.6 is 0 Å². The summed E-state index contributed by atoms with van der Waals surface area (Å²) < 4.78 is 5.30. The van der Waals surface area contributed by atoms with Crippen molar-refractivity contribution < 1.29 is 4.74 Å². The molecule has 2 N–H and O–H groups in total. The lowest BCUT2D eigenvalue weighted by atomic mass is 10.1. The molecule has 3 unspecified atom stereocenters. The van der Waals surface area contributed by atoms with Gasteiger partial charge < -0.3 is 10.5 Å². The van der Waals surface area contributed by atoms with Crippen molar-refractivity contribution in [2.24, 2.45) is 17.6 Å². The highest BCUT2D eigenvalue weighted by molar-refractivity contribution is 4.91. The van der Waals surface area contributed by atoms with E-state index in [1.807, 2.05) is 0 Å². The van der Waals surface area contributed by atoms with E-state index in [0.717, 1.165) is 24.8 Å². The Kier molecular flexibility index (Phi) is 2.69. The first-order valence-corrected chi connectivity index (χ1v) is 4.06. The molecule has 1 aliphatic rings. The van der Waals surface area contributed by atoms with Crippen molar-refractivity contribution in [1.82, 2.24) is 0 Å². The molecule has 0 radical (unpaired) electrons. The number of hydrogen-bond acceptors (Lipinski definition) is 2. The van der Waals surface area contributed by atoms with Crippen LogP contribution in [-0.2, 0) is 4.74 Å². The van der Waals surface area contributed by atoms with Crippen molar-refractivity contribution in [2.45, 2.75) is 25.9 Å². The zero-order chi connectivity index (χ0) is 7.56. The fourth-order valence-electron chi connectivity index (χ4n) is 1.64. The molecule has 0 aliphatic heterocycles. The molecule has 2 nitrogen and oxygen atoms in total. The lowest BCUT2D eigenvalue weighted by Crippen LogP contribution is -2.15. The van der Waals surface area contributed by atoms with E-state index in [2.05, 4.69) is 6.92 Å². The van der Waals surface area contributed by atoms with Gasteiger partial charge in [-0.3, -0.25) is 0 Å². The molecule has 3 atom stereocenters. The van der Waals surface area contributed by atoms with E-state index in [-0.39, 0.29) is 0 Å². The summed E-state index contributed by atoms with van der Waals surface area (Å²) in [5.74, 6) is 1.52. The molecule has 0 spiro atoms. The molecular weight excluding hydrogens is 126 g/mol. The zero-order valence-corrected chi connectivity index (χ0v) is 6.84.